The SMILES string of the molecule is CCc1nccn1CC(=O)N1CCC[C@@](COc2cccc(Cl)c2)(CC(=O)N2CCOCC2)C1. The summed E-state index contributed by atoms with van der Waals surface area (Å²) in [6, 6.07) is 7.28. The molecule has 8 nitrogen and oxygen atoms in total. The van der Waals surface area contributed by atoms with Crippen molar-refractivity contribution >= 4 is 23.4 Å². The average molecular weight is 489 g/mol. The van der Waals surface area contributed by atoms with E-state index in [1.807, 2.05) is 39.6 Å². The van der Waals surface area contributed by atoms with Gasteiger partial charge < -0.3 is 23.8 Å². The van der Waals surface area contributed by atoms with Gasteiger partial charge in [-0.1, -0.05) is 24.6 Å². The van der Waals surface area contributed by atoms with Gasteiger partial charge in [0, 0.05) is 61.9 Å². The van der Waals surface area contributed by atoms with Gasteiger partial charge >= 0.3 is 0 Å². The maximum absolute atomic E-state index is 13.2. The van der Waals surface area contributed by atoms with E-state index in [-0.39, 0.29) is 18.4 Å². The van der Waals surface area contributed by atoms with Crippen molar-refractivity contribution in [2.24, 2.45) is 5.41 Å². The Labute approximate surface area is 205 Å². The summed E-state index contributed by atoms with van der Waals surface area (Å²) < 4.78 is 13.5. The molecule has 34 heavy (non-hydrogen) atoms. The molecule has 0 saturated carbocycles. The van der Waals surface area contributed by atoms with Gasteiger partial charge in [-0.2, -0.15) is 0 Å². The number of amides is 2. The van der Waals surface area contributed by atoms with Gasteiger partial charge in [0.25, 0.3) is 0 Å². The lowest BCUT2D eigenvalue weighted by atomic mass is 9.77. The van der Waals surface area contributed by atoms with Crippen LogP contribution in [0, 0.1) is 5.41 Å². The minimum atomic E-state index is -0.464. The number of benzene rings is 1. The third-order valence-electron chi connectivity index (χ3n) is 6.67. The topological polar surface area (TPSA) is 76.9 Å². The second-order valence-electron chi connectivity index (χ2n) is 9.16. The smallest absolute Gasteiger partial charge is 0.242 e. The van der Waals surface area contributed by atoms with Crippen LogP contribution in [0.5, 0.6) is 5.75 Å². The molecule has 184 valence electrons. The number of nitrogens with zero attached hydrogens (tertiary/aromatic N) is 4. The highest BCUT2D eigenvalue weighted by Gasteiger charge is 2.41. The molecule has 0 bridgehead atoms. The number of aryl methyl sites for hydroxylation is 1. The van der Waals surface area contributed by atoms with Crippen LogP contribution in [0.4, 0.5) is 0 Å². The van der Waals surface area contributed by atoms with Gasteiger partial charge in [-0.05, 0) is 31.0 Å². The van der Waals surface area contributed by atoms with Crippen LogP contribution in [0.2, 0.25) is 5.02 Å². The van der Waals surface area contributed by atoms with Gasteiger partial charge in [-0.25, -0.2) is 4.98 Å². The van der Waals surface area contributed by atoms with Crippen molar-refractivity contribution in [3.63, 3.8) is 0 Å². The zero-order valence-corrected chi connectivity index (χ0v) is 20.5. The molecule has 2 fully saturated rings. The van der Waals surface area contributed by atoms with Crippen molar-refractivity contribution in [3.8, 4) is 5.75 Å². The average Bonchev–Trinajstić information content (AvgIpc) is 3.30. The summed E-state index contributed by atoms with van der Waals surface area (Å²) in [5.74, 6) is 1.69. The van der Waals surface area contributed by atoms with Crippen LogP contribution in [0.1, 0.15) is 32.0 Å². The summed E-state index contributed by atoms with van der Waals surface area (Å²) >= 11 is 6.13. The Balaban J connectivity index is 1.49. The van der Waals surface area contributed by atoms with E-state index in [0.717, 1.165) is 25.1 Å². The van der Waals surface area contributed by atoms with Crippen molar-refractivity contribution in [2.75, 3.05) is 46.0 Å². The Morgan fingerprint density at radius 3 is 2.76 bits per heavy atom. The Morgan fingerprint density at radius 1 is 1.18 bits per heavy atom. The number of likely N-dealkylation sites (tertiary alicyclic amines) is 1. The fourth-order valence-corrected chi connectivity index (χ4v) is 5.00. The number of piperidine rings is 1. The van der Waals surface area contributed by atoms with E-state index in [9.17, 15) is 9.59 Å². The van der Waals surface area contributed by atoms with Crippen molar-refractivity contribution in [1.29, 1.82) is 0 Å². The van der Waals surface area contributed by atoms with Crippen LogP contribution < -0.4 is 4.74 Å². The Morgan fingerprint density at radius 2 is 2.00 bits per heavy atom. The van der Waals surface area contributed by atoms with E-state index in [2.05, 4.69) is 4.98 Å². The van der Waals surface area contributed by atoms with Crippen molar-refractivity contribution in [3.05, 3.63) is 47.5 Å². The molecule has 1 atom stereocenters. The lowest BCUT2D eigenvalue weighted by molar-refractivity contribution is -0.144. The van der Waals surface area contributed by atoms with Crippen LogP contribution in [0.15, 0.2) is 36.7 Å². The van der Waals surface area contributed by atoms with Crippen LogP contribution >= 0.6 is 11.6 Å². The van der Waals surface area contributed by atoms with E-state index >= 15 is 0 Å². The standard InChI is InChI=1S/C25H33ClN4O4/c1-2-22-27-8-10-29(22)17-24(32)30-9-4-7-25(18-30,16-23(31)28-11-13-33-14-12-28)19-34-21-6-3-5-20(26)15-21/h3,5-6,8,10,15H,2,4,7,9,11-14,16-19H2,1H3/t25-/m1/s1. The number of aromatic nitrogens is 2. The molecular weight excluding hydrogens is 456 g/mol. The molecule has 0 aliphatic carbocycles. The predicted molar refractivity (Wildman–Crippen MR) is 129 cm³/mol. The largest absolute Gasteiger partial charge is 0.493 e. The molecule has 1 aromatic carbocycles. The highest BCUT2D eigenvalue weighted by Crippen LogP contribution is 2.36. The van der Waals surface area contributed by atoms with Gasteiger partial charge in [0.05, 0.1) is 19.8 Å². The third-order valence-corrected chi connectivity index (χ3v) is 6.90. The Bertz CT molecular complexity index is 991. The summed E-state index contributed by atoms with van der Waals surface area (Å²) in [5, 5.41) is 0.600. The monoisotopic (exact) mass is 488 g/mol. The molecule has 3 heterocycles. The van der Waals surface area contributed by atoms with Gasteiger partial charge in [0.15, 0.2) is 0 Å². The van der Waals surface area contributed by atoms with Crippen LogP contribution in [0.25, 0.3) is 0 Å². The van der Waals surface area contributed by atoms with Gasteiger partial charge in [0.2, 0.25) is 11.8 Å². The van der Waals surface area contributed by atoms with Gasteiger partial charge in [-0.3, -0.25) is 9.59 Å². The second kappa shape index (κ2) is 11.2. The molecule has 2 aliphatic rings. The van der Waals surface area contributed by atoms with Crippen molar-refractivity contribution < 1.29 is 19.1 Å². The number of rotatable bonds is 8. The number of hydrogen-bond acceptors (Lipinski definition) is 5. The normalized spacial score (nSPS) is 20.9. The molecule has 4 rings (SSSR count). The van der Waals surface area contributed by atoms with Crippen LogP contribution in [-0.2, 0) is 27.3 Å². The molecule has 0 spiro atoms. The molecule has 2 aromatic rings. The minimum absolute atomic E-state index is 0.0401. The number of ether oxygens (including phenoxy) is 2. The maximum atomic E-state index is 13.2. The van der Waals surface area contributed by atoms with E-state index < -0.39 is 5.41 Å². The molecule has 1 aromatic heterocycles. The summed E-state index contributed by atoms with van der Waals surface area (Å²) in [6.45, 7) is 6.13. The molecule has 0 unspecified atom stereocenters. The zero-order chi connectivity index (χ0) is 24.0. The zero-order valence-electron chi connectivity index (χ0n) is 19.7. The molecule has 9 heteroatoms. The maximum Gasteiger partial charge on any atom is 0.242 e. The molecule has 2 aliphatic heterocycles. The molecule has 2 saturated heterocycles. The predicted octanol–water partition coefficient (Wildman–Crippen LogP) is 3.04. The molecule has 0 N–H and O–H groups in total. The minimum Gasteiger partial charge on any atom is -0.493 e. The van der Waals surface area contributed by atoms with Crippen molar-refractivity contribution in [1.82, 2.24) is 19.4 Å². The highest BCUT2D eigenvalue weighted by molar-refractivity contribution is 6.30. The van der Waals surface area contributed by atoms with Crippen LogP contribution in [-0.4, -0.2) is 77.2 Å². The Kier molecular flexibility index (Phi) is 8.11. The van der Waals surface area contributed by atoms with Crippen LogP contribution in [0.3, 0.4) is 0 Å². The molecule has 0 radical (unpaired) electrons. The van der Waals surface area contributed by atoms with E-state index in [4.69, 9.17) is 21.1 Å². The van der Waals surface area contributed by atoms with E-state index in [1.54, 1.807) is 18.3 Å². The quantitative estimate of drug-likeness (QED) is 0.571. The van der Waals surface area contributed by atoms with E-state index in [1.165, 1.54) is 0 Å². The Hall–Kier alpha value is -2.58. The summed E-state index contributed by atoms with van der Waals surface area (Å²) in [4.78, 5) is 34.5. The summed E-state index contributed by atoms with van der Waals surface area (Å²) in [5.41, 5.74) is -0.464. The third kappa shape index (κ3) is 6.10. The fourth-order valence-electron chi connectivity index (χ4n) is 4.82. The number of halogens is 1. The lowest BCUT2D eigenvalue weighted by Gasteiger charge is -2.43. The number of carbonyl (C=O) groups excluding carboxylic acids is 2. The lowest BCUT2D eigenvalue weighted by Crippen LogP contribution is -2.52. The van der Waals surface area contributed by atoms with Crippen molar-refractivity contribution in [2.45, 2.75) is 39.2 Å². The molecule has 2 amide bonds. The highest BCUT2D eigenvalue weighted by atomic mass is 35.5. The first-order valence-electron chi connectivity index (χ1n) is 12.0. The van der Waals surface area contributed by atoms with E-state index in [0.29, 0.717) is 63.2 Å². The molecular formula is C25H33ClN4O4. The number of carbonyl (C=O) groups is 2. The number of morpholine rings is 1. The van der Waals surface area contributed by atoms with Gasteiger partial charge in [-0.15, -0.1) is 0 Å². The first kappa shape index (κ1) is 24.5. The second-order valence-corrected chi connectivity index (χ2v) is 9.60. The fraction of sp³-hybridized carbons (Fsp3) is 0.560. The number of imidazole rings is 1. The summed E-state index contributed by atoms with van der Waals surface area (Å²) in [7, 11) is 0. The first-order chi connectivity index (χ1) is 16.5. The van der Waals surface area contributed by atoms with Gasteiger partial charge in [0.1, 0.15) is 18.1 Å². The number of hydrogen-bond donors (Lipinski definition) is 0. The summed E-state index contributed by atoms with van der Waals surface area (Å²) in [6.07, 6.45) is 6.32. The first-order valence-corrected chi connectivity index (χ1v) is 12.4.